The first-order chi connectivity index (χ1) is 8.55. The van der Waals surface area contributed by atoms with E-state index in [0.29, 0.717) is 0 Å². The summed E-state index contributed by atoms with van der Waals surface area (Å²) in [4.78, 5) is 0. The Balaban J connectivity index is 2.50. The summed E-state index contributed by atoms with van der Waals surface area (Å²) in [6.07, 6.45) is 0.984. The van der Waals surface area contributed by atoms with Crippen LogP contribution in [0.2, 0.25) is 0 Å². The van der Waals surface area contributed by atoms with Crippen LogP contribution in [0.5, 0.6) is 0 Å². The van der Waals surface area contributed by atoms with E-state index in [1.165, 1.54) is 5.56 Å². The van der Waals surface area contributed by atoms with Gasteiger partial charge >= 0.3 is 0 Å². The molecular weight excluding hydrogens is 220 g/mol. The minimum absolute atomic E-state index is 0.934. The highest BCUT2D eigenvalue weighted by atomic mass is 16.3. The second-order valence-corrected chi connectivity index (χ2v) is 4.94. The highest BCUT2D eigenvalue weighted by Gasteiger charge is 2.26. The number of aliphatic hydroxyl groups is 1. The first-order valence-corrected chi connectivity index (χ1v) is 6.43. The molecule has 1 N–H and O–H groups in total. The van der Waals surface area contributed by atoms with Crippen molar-refractivity contribution in [2.75, 3.05) is 0 Å². The van der Waals surface area contributed by atoms with Gasteiger partial charge in [-0.15, -0.1) is 0 Å². The lowest BCUT2D eigenvalue weighted by Gasteiger charge is -2.26. The molecule has 1 nitrogen and oxygen atoms in total. The molecule has 2 rings (SSSR count). The van der Waals surface area contributed by atoms with Gasteiger partial charge in [-0.25, -0.2) is 0 Å². The fraction of sp³-hybridized carbons (Fsp3) is 0.294. The summed E-state index contributed by atoms with van der Waals surface area (Å²) < 4.78 is 0. The number of hydrogen-bond donors (Lipinski definition) is 1. The van der Waals surface area contributed by atoms with Crippen LogP contribution >= 0.6 is 0 Å². The van der Waals surface area contributed by atoms with E-state index in [0.717, 1.165) is 23.1 Å². The molecular formula is C17H20O. The van der Waals surface area contributed by atoms with Gasteiger partial charge in [-0.2, -0.15) is 0 Å². The second kappa shape index (κ2) is 4.95. The Morgan fingerprint density at radius 3 is 2.44 bits per heavy atom. The minimum atomic E-state index is -0.934. The van der Waals surface area contributed by atoms with Crippen molar-refractivity contribution in [1.82, 2.24) is 0 Å². The average Bonchev–Trinajstić information content (AvgIpc) is 2.39. The summed E-state index contributed by atoms with van der Waals surface area (Å²) in [6.45, 7) is 6.03. The van der Waals surface area contributed by atoms with E-state index in [4.69, 9.17) is 0 Å². The highest BCUT2D eigenvalue weighted by Crippen LogP contribution is 2.31. The Morgan fingerprint density at radius 1 is 1.06 bits per heavy atom. The maximum atomic E-state index is 10.9. The molecule has 0 spiro atoms. The van der Waals surface area contributed by atoms with Crippen LogP contribution in [0.25, 0.3) is 0 Å². The monoisotopic (exact) mass is 240 g/mol. The predicted octanol–water partition coefficient (Wildman–Crippen LogP) is 3.81. The molecule has 2 aromatic carbocycles. The van der Waals surface area contributed by atoms with Gasteiger partial charge in [-0.3, -0.25) is 0 Å². The molecule has 1 heteroatoms. The number of hydrogen-bond acceptors (Lipinski definition) is 1. The van der Waals surface area contributed by atoms with E-state index in [9.17, 15) is 5.11 Å². The molecule has 2 aromatic rings. The van der Waals surface area contributed by atoms with Crippen LogP contribution in [0.3, 0.4) is 0 Å². The molecule has 0 bridgehead atoms. The lowest BCUT2D eigenvalue weighted by Crippen LogP contribution is -2.24. The molecule has 0 fully saturated rings. The standard InChI is InChI=1S/C17H20O/c1-4-14-9-7-10-15(12-14)17(3,18)16-11-6-5-8-13(16)2/h5-12,18H,4H2,1-3H3. The molecule has 18 heavy (non-hydrogen) atoms. The molecule has 0 amide bonds. The van der Waals surface area contributed by atoms with Crippen molar-refractivity contribution >= 4 is 0 Å². The van der Waals surface area contributed by atoms with Crippen LogP contribution in [0.15, 0.2) is 48.5 Å². The summed E-state index contributed by atoms with van der Waals surface area (Å²) in [5, 5.41) is 10.9. The van der Waals surface area contributed by atoms with Crippen LogP contribution in [0.1, 0.15) is 36.1 Å². The van der Waals surface area contributed by atoms with Crippen molar-refractivity contribution in [3.05, 3.63) is 70.8 Å². The van der Waals surface area contributed by atoms with Crippen LogP contribution in [0.4, 0.5) is 0 Å². The molecule has 0 heterocycles. The number of aryl methyl sites for hydroxylation is 2. The fourth-order valence-electron chi connectivity index (χ4n) is 2.37. The van der Waals surface area contributed by atoms with Crippen molar-refractivity contribution in [2.45, 2.75) is 32.8 Å². The third kappa shape index (κ3) is 2.32. The first-order valence-electron chi connectivity index (χ1n) is 6.43. The normalized spacial score (nSPS) is 14.2. The van der Waals surface area contributed by atoms with Crippen molar-refractivity contribution in [3.63, 3.8) is 0 Å². The lowest BCUT2D eigenvalue weighted by molar-refractivity contribution is 0.101. The Hall–Kier alpha value is -1.60. The zero-order chi connectivity index (χ0) is 13.2. The van der Waals surface area contributed by atoms with Crippen molar-refractivity contribution in [3.8, 4) is 0 Å². The zero-order valence-electron chi connectivity index (χ0n) is 11.3. The maximum Gasteiger partial charge on any atom is 0.112 e. The third-order valence-electron chi connectivity index (χ3n) is 3.57. The fourth-order valence-corrected chi connectivity index (χ4v) is 2.37. The SMILES string of the molecule is CCc1cccc(C(C)(O)c2ccccc2C)c1. The van der Waals surface area contributed by atoms with Crippen LogP contribution in [-0.4, -0.2) is 5.11 Å². The predicted molar refractivity (Wildman–Crippen MR) is 75.7 cm³/mol. The van der Waals surface area contributed by atoms with Gasteiger partial charge in [0.1, 0.15) is 5.60 Å². The van der Waals surface area contributed by atoms with E-state index >= 15 is 0 Å². The van der Waals surface area contributed by atoms with Crippen molar-refractivity contribution < 1.29 is 5.11 Å². The summed E-state index contributed by atoms with van der Waals surface area (Å²) in [7, 11) is 0. The number of rotatable bonds is 3. The van der Waals surface area contributed by atoms with Gasteiger partial charge in [-0.05, 0) is 42.5 Å². The third-order valence-corrected chi connectivity index (χ3v) is 3.57. The minimum Gasteiger partial charge on any atom is -0.381 e. The summed E-state index contributed by atoms with van der Waals surface area (Å²) >= 11 is 0. The Kier molecular flexibility index (Phi) is 3.53. The van der Waals surface area contributed by atoms with Gasteiger partial charge in [0.25, 0.3) is 0 Å². The first kappa shape index (κ1) is 12.8. The number of benzene rings is 2. The smallest absolute Gasteiger partial charge is 0.112 e. The molecule has 94 valence electrons. The van der Waals surface area contributed by atoms with Gasteiger partial charge in [0.15, 0.2) is 0 Å². The van der Waals surface area contributed by atoms with Crippen LogP contribution in [0, 0.1) is 6.92 Å². The van der Waals surface area contributed by atoms with E-state index in [-0.39, 0.29) is 0 Å². The Morgan fingerprint density at radius 2 is 1.78 bits per heavy atom. The van der Waals surface area contributed by atoms with E-state index < -0.39 is 5.60 Å². The summed E-state index contributed by atoms with van der Waals surface area (Å²) in [6, 6.07) is 16.2. The zero-order valence-corrected chi connectivity index (χ0v) is 11.3. The molecule has 0 saturated heterocycles. The van der Waals surface area contributed by atoms with E-state index in [2.05, 4.69) is 19.1 Å². The van der Waals surface area contributed by atoms with Crippen molar-refractivity contribution in [1.29, 1.82) is 0 Å². The van der Waals surface area contributed by atoms with Gasteiger partial charge < -0.3 is 5.11 Å². The molecule has 1 unspecified atom stereocenters. The Labute approximate surface area is 109 Å². The molecule has 0 aliphatic carbocycles. The molecule has 0 radical (unpaired) electrons. The largest absolute Gasteiger partial charge is 0.381 e. The molecule has 0 aliphatic rings. The maximum absolute atomic E-state index is 10.9. The van der Waals surface area contributed by atoms with E-state index in [1.807, 2.05) is 50.2 Å². The lowest BCUT2D eigenvalue weighted by atomic mass is 9.85. The van der Waals surface area contributed by atoms with E-state index in [1.54, 1.807) is 0 Å². The topological polar surface area (TPSA) is 20.2 Å². The highest BCUT2D eigenvalue weighted by molar-refractivity contribution is 5.40. The van der Waals surface area contributed by atoms with Gasteiger partial charge in [0.2, 0.25) is 0 Å². The van der Waals surface area contributed by atoms with Gasteiger partial charge in [0, 0.05) is 0 Å². The summed E-state index contributed by atoms with van der Waals surface area (Å²) in [5.41, 5.74) is 3.36. The molecule has 0 aromatic heterocycles. The molecule has 0 aliphatic heterocycles. The van der Waals surface area contributed by atoms with Gasteiger partial charge in [0.05, 0.1) is 0 Å². The van der Waals surface area contributed by atoms with Gasteiger partial charge in [-0.1, -0.05) is 55.5 Å². The van der Waals surface area contributed by atoms with Crippen LogP contribution < -0.4 is 0 Å². The molecule has 0 saturated carbocycles. The second-order valence-electron chi connectivity index (χ2n) is 4.94. The van der Waals surface area contributed by atoms with Crippen molar-refractivity contribution in [2.24, 2.45) is 0 Å². The Bertz CT molecular complexity index is 541. The summed E-state index contributed by atoms with van der Waals surface area (Å²) in [5.74, 6) is 0. The quantitative estimate of drug-likeness (QED) is 0.865. The molecule has 1 atom stereocenters. The average molecular weight is 240 g/mol. The van der Waals surface area contributed by atoms with Crippen LogP contribution in [-0.2, 0) is 12.0 Å².